The van der Waals surface area contributed by atoms with Crippen molar-refractivity contribution in [3.63, 3.8) is 0 Å². The maximum absolute atomic E-state index is 13.2. The molecule has 0 aliphatic heterocycles. The number of alkyl halides is 1. The average molecular weight is 195 g/mol. The lowest BCUT2D eigenvalue weighted by molar-refractivity contribution is 0.339. The summed E-state index contributed by atoms with van der Waals surface area (Å²) in [4.78, 5) is 0. The molecule has 1 aromatic rings. The van der Waals surface area contributed by atoms with Gasteiger partial charge in [0.25, 0.3) is 0 Å². The van der Waals surface area contributed by atoms with Gasteiger partial charge in [-0.25, -0.2) is 4.39 Å². The summed E-state index contributed by atoms with van der Waals surface area (Å²) in [5, 5.41) is 0. The van der Waals surface area contributed by atoms with E-state index < -0.39 is 6.17 Å². The zero-order chi connectivity index (χ0) is 10.7. The fourth-order valence-electron chi connectivity index (χ4n) is 1.84. The summed E-state index contributed by atoms with van der Waals surface area (Å²) in [7, 11) is 0. The first-order valence-electron chi connectivity index (χ1n) is 4.95. The fourth-order valence-corrected chi connectivity index (χ4v) is 1.84. The summed E-state index contributed by atoms with van der Waals surface area (Å²) >= 11 is 0. The largest absolute Gasteiger partial charge is 0.328 e. The van der Waals surface area contributed by atoms with Gasteiger partial charge in [-0.3, -0.25) is 0 Å². The number of halogens is 1. The zero-order valence-electron chi connectivity index (χ0n) is 9.10. The molecule has 0 bridgehead atoms. The Labute approximate surface area is 85.1 Å². The quantitative estimate of drug-likeness (QED) is 0.787. The molecule has 1 rings (SSSR count). The van der Waals surface area contributed by atoms with Crippen molar-refractivity contribution in [2.24, 2.45) is 5.73 Å². The van der Waals surface area contributed by atoms with Crippen LogP contribution in [0.15, 0.2) is 12.1 Å². The predicted molar refractivity (Wildman–Crippen MR) is 58.3 cm³/mol. The first kappa shape index (κ1) is 11.2. The lowest BCUT2D eigenvalue weighted by atomic mass is 9.96. The number of hydrogen-bond donors (Lipinski definition) is 1. The molecule has 1 aromatic carbocycles. The molecule has 0 radical (unpaired) electrons. The van der Waals surface area contributed by atoms with Crippen molar-refractivity contribution < 1.29 is 4.39 Å². The number of aryl methyl sites for hydroxylation is 3. The van der Waals surface area contributed by atoms with Gasteiger partial charge in [-0.15, -0.1) is 0 Å². The Morgan fingerprint density at radius 3 is 2.14 bits per heavy atom. The highest BCUT2D eigenvalue weighted by atomic mass is 19.1. The molecule has 0 heterocycles. The van der Waals surface area contributed by atoms with Crippen molar-refractivity contribution in [2.45, 2.75) is 33.4 Å². The van der Waals surface area contributed by atoms with Crippen LogP contribution >= 0.6 is 0 Å². The third-order valence-corrected chi connectivity index (χ3v) is 2.52. The molecule has 0 amide bonds. The van der Waals surface area contributed by atoms with Gasteiger partial charge < -0.3 is 5.73 Å². The molecule has 78 valence electrons. The second-order valence-corrected chi connectivity index (χ2v) is 3.91. The molecule has 1 unspecified atom stereocenters. The minimum Gasteiger partial charge on any atom is -0.328 e. The first-order valence-corrected chi connectivity index (χ1v) is 4.95. The van der Waals surface area contributed by atoms with E-state index >= 15 is 0 Å². The second kappa shape index (κ2) is 4.56. The van der Waals surface area contributed by atoms with E-state index in [1.54, 1.807) is 0 Å². The van der Waals surface area contributed by atoms with Crippen molar-refractivity contribution in [1.29, 1.82) is 0 Å². The van der Waals surface area contributed by atoms with Gasteiger partial charge in [0.05, 0.1) is 0 Å². The van der Waals surface area contributed by atoms with Gasteiger partial charge in [-0.05, 0) is 37.5 Å². The maximum atomic E-state index is 13.2. The summed E-state index contributed by atoms with van der Waals surface area (Å²) in [6.45, 7) is 6.21. The molecule has 0 aliphatic carbocycles. The molecule has 0 aromatic heterocycles. The van der Waals surface area contributed by atoms with E-state index in [1.807, 2.05) is 13.8 Å². The van der Waals surface area contributed by atoms with E-state index in [2.05, 4.69) is 19.1 Å². The predicted octanol–water partition coefficient (Wildman–Crippen LogP) is 2.45. The molecule has 0 aliphatic rings. The van der Waals surface area contributed by atoms with Crippen molar-refractivity contribution in [2.75, 3.05) is 6.54 Å². The van der Waals surface area contributed by atoms with Crippen LogP contribution in [-0.4, -0.2) is 12.7 Å². The van der Waals surface area contributed by atoms with Crippen molar-refractivity contribution in [1.82, 2.24) is 0 Å². The van der Waals surface area contributed by atoms with Crippen LogP contribution in [0.1, 0.15) is 22.3 Å². The third kappa shape index (κ3) is 2.55. The van der Waals surface area contributed by atoms with Crippen LogP contribution in [-0.2, 0) is 6.42 Å². The van der Waals surface area contributed by atoms with Crippen LogP contribution in [0.5, 0.6) is 0 Å². The standard InChI is InChI=1S/C12H18FN/c1-8-4-9(2)12(10(3)5-8)6-11(13)7-14/h4-5,11H,6-7,14H2,1-3H3. The SMILES string of the molecule is Cc1cc(C)c(CC(F)CN)c(C)c1. The maximum Gasteiger partial charge on any atom is 0.116 e. The number of rotatable bonds is 3. The van der Waals surface area contributed by atoms with E-state index in [0.717, 1.165) is 5.56 Å². The summed E-state index contributed by atoms with van der Waals surface area (Å²) in [5.74, 6) is 0. The zero-order valence-corrected chi connectivity index (χ0v) is 9.10. The molecule has 2 N–H and O–H groups in total. The molecule has 0 saturated carbocycles. The van der Waals surface area contributed by atoms with Gasteiger partial charge in [0.1, 0.15) is 6.17 Å². The van der Waals surface area contributed by atoms with Gasteiger partial charge in [-0.1, -0.05) is 17.7 Å². The summed E-state index contributed by atoms with van der Waals surface area (Å²) in [6.07, 6.45) is -0.482. The minimum atomic E-state index is -0.921. The van der Waals surface area contributed by atoms with E-state index in [4.69, 9.17) is 5.73 Å². The Bertz CT molecular complexity index is 297. The smallest absolute Gasteiger partial charge is 0.116 e. The molecule has 1 nitrogen and oxygen atoms in total. The molecule has 0 spiro atoms. The topological polar surface area (TPSA) is 26.0 Å². The molecule has 0 saturated heterocycles. The van der Waals surface area contributed by atoms with E-state index in [-0.39, 0.29) is 6.54 Å². The van der Waals surface area contributed by atoms with Gasteiger partial charge in [-0.2, -0.15) is 0 Å². The van der Waals surface area contributed by atoms with Crippen LogP contribution < -0.4 is 5.73 Å². The van der Waals surface area contributed by atoms with Gasteiger partial charge >= 0.3 is 0 Å². The molecule has 0 fully saturated rings. The Kier molecular flexibility index (Phi) is 3.64. The molecule has 2 heteroatoms. The lowest BCUT2D eigenvalue weighted by Crippen LogP contribution is -2.18. The Hall–Kier alpha value is -0.890. The van der Waals surface area contributed by atoms with Crippen LogP contribution in [0.3, 0.4) is 0 Å². The van der Waals surface area contributed by atoms with Crippen molar-refractivity contribution in [3.8, 4) is 0 Å². The number of benzene rings is 1. The average Bonchev–Trinajstić information content (AvgIpc) is 2.10. The second-order valence-electron chi connectivity index (χ2n) is 3.91. The molecular formula is C12H18FN. The highest BCUT2D eigenvalue weighted by Gasteiger charge is 2.10. The third-order valence-electron chi connectivity index (χ3n) is 2.52. The Morgan fingerprint density at radius 2 is 1.71 bits per heavy atom. The van der Waals surface area contributed by atoms with Crippen molar-refractivity contribution >= 4 is 0 Å². The summed E-state index contributed by atoms with van der Waals surface area (Å²) in [6, 6.07) is 4.18. The number of hydrogen-bond acceptors (Lipinski definition) is 1. The van der Waals surface area contributed by atoms with Crippen LogP contribution in [0.2, 0.25) is 0 Å². The normalized spacial score (nSPS) is 12.9. The van der Waals surface area contributed by atoms with E-state index in [0.29, 0.717) is 6.42 Å². The highest BCUT2D eigenvalue weighted by molar-refractivity contribution is 5.37. The van der Waals surface area contributed by atoms with Crippen LogP contribution in [0.4, 0.5) is 4.39 Å². The van der Waals surface area contributed by atoms with E-state index in [1.165, 1.54) is 16.7 Å². The number of nitrogens with two attached hydrogens (primary N) is 1. The monoisotopic (exact) mass is 195 g/mol. The first-order chi connectivity index (χ1) is 6.54. The summed E-state index contributed by atoms with van der Waals surface area (Å²) < 4.78 is 13.2. The van der Waals surface area contributed by atoms with E-state index in [9.17, 15) is 4.39 Å². The molecule has 1 atom stereocenters. The molecule has 14 heavy (non-hydrogen) atoms. The van der Waals surface area contributed by atoms with Gasteiger partial charge in [0, 0.05) is 13.0 Å². The fraction of sp³-hybridized carbons (Fsp3) is 0.500. The van der Waals surface area contributed by atoms with Crippen LogP contribution in [0, 0.1) is 20.8 Å². The van der Waals surface area contributed by atoms with Gasteiger partial charge in [0.15, 0.2) is 0 Å². The van der Waals surface area contributed by atoms with Crippen LogP contribution in [0.25, 0.3) is 0 Å². The minimum absolute atomic E-state index is 0.104. The summed E-state index contributed by atoms with van der Waals surface area (Å²) in [5.41, 5.74) is 9.94. The Balaban J connectivity index is 2.96. The lowest BCUT2D eigenvalue weighted by Gasteiger charge is -2.12. The Morgan fingerprint density at radius 1 is 1.21 bits per heavy atom. The molecular weight excluding hydrogens is 177 g/mol. The van der Waals surface area contributed by atoms with Gasteiger partial charge in [0.2, 0.25) is 0 Å². The highest BCUT2D eigenvalue weighted by Crippen LogP contribution is 2.18. The van der Waals surface area contributed by atoms with Crippen molar-refractivity contribution in [3.05, 3.63) is 34.4 Å².